The second-order valence-corrected chi connectivity index (χ2v) is 4.91. The van der Waals surface area contributed by atoms with Crippen molar-refractivity contribution >= 4 is 33.3 Å². The van der Waals surface area contributed by atoms with Crippen LogP contribution in [0.1, 0.15) is 10.4 Å². The number of carbonyl (C=O) groups is 1. The van der Waals surface area contributed by atoms with E-state index < -0.39 is 17.2 Å². The maximum atomic E-state index is 13.2. The van der Waals surface area contributed by atoms with E-state index in [2.05, 4.69) is 15.3 Å². The van der Waals surface area contributed by atoms with Gasteiger partial charge in [0, 0.05) is 28.7 Å². The summed E-state index contributed by atoms with van der Waals surface area (Å²) in [4.78, 5) is 30.9. The minimum absolute atomic E-state index is 0.0849. The monoisotopic (exact) mass is 289 g/mol. The van der Waals surface area contributed by atoms with Crippen molar-refractivity contribution in [1.29, 1.82) is 0 Å². The molecular weight excluding hydrogens is 281 g/mol. The molecule has 2 aromatic heterocycles. The summed E-state index contributed by atoms with van der Waals surface area (Å²) in [5.74, 6) is -1.10. The van der Waals surface area contributed by atoms with Gasteiger partial charge in [-0.2, -0.15) is 0 Å². The number of nitrogens with one attached hydrogen (secondary N) is 2. The average molecular weight is 289 g/mol. The first-order chi connectivity index (χ1) is 9.65. The average Bonchev–Trinajstić information content (AvgIpc) is 2.92. The van der Waals surface area contributed by atoms with E-state index >= 15 is 0 Å². The van der Waals surface area contributed by atoms with E-state index in [4.69, 9.17) is 0 Å². The SMILES string of the molecule is O=C(Nc1nccs1)c1c[nH]c2ccc(F)cc2c1=O. The Bertz CT molecular complexity index is 842. The molecule has 5 nitrogen and oxygen atoms in total. The molecule has 3 rings (SSSR count). The van der Waals surface area contributed by atoms with Gasteiger partial charge in [0.05, 0.1) is 0 Å². The Morgan fingerprint density at radius 2 is 2.25 bits per heavy atom. The molecule has 100 valence electrons. The van der Waals surface area contributed by atoms with Crippen LogP contribution in [0.4, 0.5) is 9.52 Å². The van der Waals surface area contributed by atoms with Crippen LogP contribution < -0.4 is 10.7 Å². The molecule has 1 aromatic carbocycles. The van der Waals surface area contributed by atoms with E-state index in [9.17, 15) is 14.0 Å². The Morgan fingerprint density at radius 3 is 3.00 bits per heavy atom. The highest BCUT2D eigenvalue weighted by Crippen LogP contribution is 2.13. The number of rotatable bonds is 2. The molecule has 20 heavy (non-hydrogen) atoms. The normalized spacial score (nSPS) is 10.7. The predicted octanol–water partition coefficient (Wildman–Crippen LogP) is 2.38. The highest BCUT2D eigenvalue weighted by molar-refractivity contribution is 7.13. The van der Waals surface area contributed by atoms with Gasteiger partial charge in [0.15, 0.2) is 5.13 Å². The van der Waals surface area contributed by atoms with Crippen LogP contribution in [0, 0.1) is 5.82 Å². The van der Waals surface area contributed by atoms with Crippen molar-refractivity contribution in [2.75, 3.05) is 5.32 Å². The lowest BCUT2D eigenvalue weighted by molar-refractivity contribution is 0.102. The Morgan fingerprint density at radius 1 is 1.40 bits per heavy atom. The van der Waals surface area contributed by atoms with E-state index in [1.807, 2.05) is 0 Å². The molecule has 0 aliphatic heterocycles. The Labute approximate surface area is 116 Å². The van der Waals surface area contributed by atoms with Gasteiger partial charge in [-0.3, -0.25) is 14.9 Å². The number of H-pyrrole nitrogens is 1. The molecule has 0 fully saturated rings. The number of fused-ring (bicyclic) bond motifs is 1. The number of aromatic amines is 1. The molecule has 1 amide bonds. The zero-order chi connectivity index (χ0) is 14.1. The van der Waals surface area contributed by atoms with Gasteiger partial charge in [0.2, 0.25) is 5.43 Å². The fraction of sp³-hybridized carbons (Fsp3) is 0. The lowest BCUT2D eigenvalue weighted by Gasteiger charge is -2.03. The van der Waals surface area contributed by atoms with Crippen LogP contribution in [0.5, 0.6) is 0 Å². The van der Waals surface area contributed by atoms with Crippen molar-refractivity contribution in [2.45, 2.75) is 0 Å². The molecule has 0 bridgehead atoms. The van der Waals surface area contributed by atoms with Crippen molar-refractivity contribution in [3.63, 3.8) is 0 Å². The topological polar surface area (TPSA) is 74.8 Å². The lowest BCUT2D eigenvalue weighted by atomic mass is 10.1. The first kappa shape index (κ1) is 12.5. The summed E-state index contributed by atoms with van der Waals surface area (Å²) in [5, 5.41) is 4.75. The molecule has 2 N–H and O–H groups in total. The zero-order valence-corrected chi connectivity index (χ0v) is 10.8. The van der Waals surface area contributed by atoms with Crippen LogP contribution in [-0.4, -0.2) is 15.9 Å². The molecule has 0 saturated carbocycles. The van der Waals surface area contributed by atoms with Crippen LogP contribution in [0.3, 0.4) is 0 Å². The van der Waals surface area contributed by atoms with E-state index in [0.29, 0.717) is 10.6 Å². The lowest BCUT2D eigenvalue weighted by Crippen LogP contribution is -2.21. The van der Waals surface area contributed by atoms with Crippen LogP contribution in [0.2, 0.25) is 0 Å². The minimum atomic E-state index is -0.577. The van der Waals surface area contributed by atoms with Crippen molar-refractivity contribution in [3.05, 3.63) is 57.6 Å². The second-order valence-electron chi connectivity index (χ2n) is 4.01. The zero-order valence-electron chi connectivity index (χ0n) is 10.0. The number of nitrogens with zero attached hydrogens (tertiary/aromatic N) is 1. The summed E-state index contributed by atoms with van der Waals surface area (Å²) in [6.07, 6.45) is 2.85. The standard InChI is InChI=1S/C13H8FN3O2S/c14-7-1-2-10-8(5-7)11(18)9(6-16-10)12(19)17-13-15-3-4-20-13/h1-6H,(H,16,18)(H,15,17,19). The highest BCUT2D eigenvalue weighted by Gasteiger charge is 2.14. The molecule has 0 saturated heterocycles. The third kappa shape index (κ3) is 2.19. The van der Waals surface area contributed by atoms with Crippen LogP contribution in [0.15, 0.2) is 40.8 Å². The summed E-state index contributed by atoms with van der Waals surface area (Å²) >= 11 is 1.24. The number of thiazole rings is 1. The van der Waals surface area contributed by atoms with E-state index in [-0.39, 0.29) is 10.9 Å². The van der Waals surface area contributed by atoms with Crippen molar-refractivity contribution in [1.82, 2.24) is 9.97 Å². The molecule has 0 unspecified atom stereocenters. The van der Waals surface area contributed by atoms with E-state index in [1.165, 1.54) is 29.7 Å². The molecular formula is C13H8FN3O2S. The number of hydrogen-bond donors (Lipinski definition) is 2. The molecule has 0 aliphatic rings. The first-order valence-corrected chi connectivity index (χ1v) is 6.55. The highest BCUT2D eigenvalue weighted by atomic mass is 32.1. The number of amides is 1. The summed E-state index contributed by atoms with van der Waals surface area (Å²) < 4.78 is 13.2. The third-order valence-electron chi connectivity index (χ3n) is 2.74. The summed E-state index contributed by atoms with van der Waals surface area (Å²) in [6, 6.07) is 3.80. The molecule has 0 spiro atoms. The molecule has 2 heterocycles. The van der Waals surface area contributed by atoms with Gasteiger partial charge in [0.25, 0.3) is 5.91 Å². The largest absolute Gasteiger partial charge is 0.360 e. The van der Waals surface area contributed by atoms with E-state index in [1.54, 1.807) is 11.6 Å². The molecule has 0 aliphatic carbocycles. The number of hydrogen-bond acceptors (Lipinski definition) is 4. The second kappa shape index (κ2) is 4.86. The first-order valence-electron chi connectivity index (χ1n) is 5.67. The maximum Gasteiger partial charge on any atom is 0.262 e. The Balaban J connectivity index is 2.06. The molecule has 0 atom stereocenters. The van der Waals surface area contributed by atoms with Crippen molar-refractivity contribution < 1.29 is 9.18 Å². The number of pyridine rings is 1. The number of benzene rings is 1. The minimum Gasteiger partial charge on any atom is -0.360 e. The fourth-order valence-electron chi connectivity index (χ4n) is 1.81. The summed E-state index contributed by atoms with van der Waals surface area (Å²) in [5.41, 5.74) is -0.132. The van der Waals surface area contributed by atoms with Gasteiger partial charge in [0.1, 0.15) is 11.4 Å². The van der Waals surface area contributed by atoms with Gasteiger partial charge in [-0.1, -0.05) is 0 Å². The number of carbonyl (C=O) groups excluding carboxylic acids is 1. The van der Waals surface area contributed by atoms with Crippen molar-refractivity contribution in [2.24, 2.45) is 0 Å². The van der Waals surface area contributed by atoms with Crippen molar-refractivity contribution in [3.8, 4) is 0 Å². The fourth-order valence-corrected chi connectivity index (χ4v) is 2.33. The third-order valence-corrected chi connectivity index (χ3v) is 3.43. The van der Waals surface area contributed by atoms with Crippen LogP contribution in [-0.2, 0) is 0 Å². The molecule has 7 heteroatoms. The van der Waals surface area contributed by atoms with Gasteiger partial charge >= 0.3 is 0 Å². The maximum absolute atomic E-state index is 13.2. The van der Waals surface area contributed by atoms with E-state index in [0.717, 1.165) is 6.07 Å². The molecule has 0 radical (unpaired) electrons. The Hall–Kier alpha value is -2.54. The quantitative estimate of drug-likeness (QED) is 0.760. The number of aromatic nitrogens is 2. The van der Waals surface area contributed by atoms with Gasteiger partial charge in [-0.15, -0.1) is 11.3 Å². The smallest absolute Gasteiger partial charge is 0.262 e. The van der Waals surface area contributed by atoms with Crippen LogP contribution >= 0.6 is 11.3 Å². The summed E-state index contributed by atoms with van der Waals surface area (Å²) in [6.45, 7) is 0. The Kier molecular flexibility index (Phi) is 3.03. The van der Waals surface area contributed by atoms with Gasteiger partial charge < -0.3 is 4.98 Å². The molecule has 3 aromatic rings. The number of anilines is 1. The number of halogens is 1. The van der Waals surface area contributed by atoms with Gasteiger partial charge in [-0.25, -0.2) is 9.37 Å². The van der Waals surface area contributed by atoms with Crippen LogP contribution in [0.25, 0.3) is 10.9 Å². The predicted molar refractivity (Wildman–Crippen MR) is 74.6 cm³/mol. The van der Waals surface area contributed by atoms with Gasteiger partial charge in [-0.05, 0) is 18.2 Å². The summed E-state index contributed by atoms with van der Waals surface area (Å²) in [7, 11) is 0.